The van der Waals surface area contributed by atoms with Crippen LogP contribution in [-0.4, -0.2) is 60.8 Å². The van der Waals surface area contributed by atoms with E-state index in [0.717, 1.165) is 19.7 Å². The minimum absolute atomic E-state index is 0.0362. The highest BCUT2D eigenvalue weighted by Gasteiger charge is 2.40. The summed E-state index contributed by atoms with van der Waals surface area (Å²) in [4.78, 5) is 17.0. The summed E-state index contributed by atoms with van der Waals surface area (Å²) >= 11 is 0. The SMILES string of the molecule is C[C@@H]1CN(C(=O)NC[C@@H]2CN3CCC[C@@H]3CO2)[C@H]1c1ccccc1. The summed E-state index contributed by atoms with van der Waals surface area (Å²) in [6.07, 6.45) is 2.65. The number of rotatable bonds is 3. The number of hydrogen-bond acceptors (Lipinski definition) is 3. The van der Waals surface area contributed by atoms with Gasteiger partial charge in [0, 0.05) is 25.7 Å². The number of carbonyl (C=O) groups excluding carboxylic acids is 1. The third-order valence-electron chi connectivity index (χ3n) is 5.70. The van der Waals surface area contributed by atoms with Gasteiger partial charge in [-0.25, -0.2) is 4.79 Å². The molecule has 1 aromatic carbocycles. The predicted molar refractivity (Wildman–Crippen MR) is 92.8 cm³/mol. The number of morpholine rings is 1. The van der Waals surface area contributed by atoms with Gasteiger partial charge in [0.25, 0.3) is 0 Å². The third-order valence-corrected chi connectivity index (χ3v) is 5.70. The Labute approximate surface area is 144 Å². The molecular formula is C19H27N3O2. The highest BCUT2D eigenvalue weighted by Crippen LogP contribution is 2.38. The number of ether oxygens (including phenoxy) is 1. The van der Waals surface area contributed by atoms with Crippen molar-refractivity contribution in [2.24, 2.45) is 5.92 Å². The molecule has 0 aromatic heterocycles. The van der Waals surface area contributed by atoms with Crippen LogP contribution in [0.4, 0.5) is 4.79 Å². The minimum atomic E-state index is 0.0362. The quantitative estimate of drug-likeness (QED) is 0.925. The summed E-state index contributed by atoms with van der Waals surface area (Å²) in [6.45, 7) is 6.58. The maximum atomic E-state index is 12.6. The lowest BCUT2D eigenvalue weighted by atomic mass is 9.85. The molecule has 3 aliphatic rings. The van der Waals surface area contributed by atoms with E-state index < -0.39 is 0 Å². The molecule has 4 rings (SSSR count). The summed E-state index contributed by atoms with van der Waals surface area (Å²) in [5.74, 6) is 0.509. The van der Waals surface area contributed by atoms with Crippen molar-refractivity contribution in [1.82, 2.24) is 15.1 Å². The number of benzene rings is 1. The Morgan fingerprint density at radius 2 is 2.12 bits per heavy atom. The third kappa shape index (κ3) is 3.03. The lowest BCUT2D eigenvalue weighted by Gasteiger charge is -2.47. The standard InChI is InChI=1S/C19H27N3O2/c1-14-11-22(18(14)15-6-3-2-4-7-15)19(23)20-10-17-12-21-9-5-8-16(21)13-24-17/h2-4,6-7,14,16-18H,5,8-13H2,1H3,(H,20,23)/t14-,16-,17-,18-/m1/s1. The van der Waals surface area contributed by atoms with Gasteiger partial charge in [-0.1, -0.05) is 37.3 Å². The van der Waals surface area contributed by atoms with Gasteiger partial charge in [0.15, 0.2) is 0 Å². The van der Waals surface area contributed by atoms with Crippen LogP contribution in [-0.2, 0) is 4.74 Å². The Morgan fingerprint density at radius 3 is 2.92 bits per heavy atom. The van der Waals surface area contributed by atoms with Crippen molar-refractivity contribution in [1.29, 1.82) is 0 Å². The van der Waals surface area contributed by atoms with Crippen molar-refractivity contribution in [2.45, 2.75) is 38.0 Å². The molecule has 5 nitrogen and oxygen atoms in total. The van der Waals surface area contributed by atoms with Crippen molar-refractivity contribution in [2.75, 3.05) is 32.8 Å². The van der Waals surface area contributed by atoms with Crippen LogP contribution in [0, 0.1) is 5.92 Å². The van der Waals surface area contributed by atoms with E-state index in [1.165, 1.54) is 24.9 Å². The first-order valence-electron chi connectivity index (χ1n) is 9.17. The summed E-state index contributed by atoms with van der Waals surface area (Å²) in [7, 11) is 0. The number of hydrogen-bond donors (Lipinski definition) is 1. The lowest BCUT2D eigenvalue weighted by molar-refractivity contribution is -0.0469. The van der Waals surface area contributed by atoms with Gasteiger partial charge >= 0.3 is 6.03 Å². The highest BCUT2D eigenvalue weighted by atomic mass is 16.5. The lowest BCUT2D eigenvalue weighted by Crippen LogP contribution is -2.57. The van der Waals surface area contributed by atoms with Gasteiger partial charge in [0.05, 0.1) is 18.8 Å². The number of nitrogens with one attached hydrogen (secondary N) is 1. The normalized spacial score (nSPS) is 33.0. The zero-order valence-electron chi connectivity index (χ0n) is 14.4. The summed E-state index contributed by atoms with van der Waals surface area (Å²) < 4.78 is 5.93. The van der Waals surface area contributed by atoms with Crippen LogP contribution in [0.15, 0.2) is 30.3 Å². The van der Waals surface area contributed by atoms with Crippen molar-refractivity contribution in [3.63, 3.8) is 0 Å². The number of amides is 2. The molecule has 5 heteroatoms. The topological polar surface area (TPSA) is 44.8 Å². The smallest absolute Gasteiger partial charge is 0.318 e. The Kier molecular flexibility index (Phi) is 4.46. The van der Waals surface area contributed by atoms with E-state index in [2.05, 4.69) is 29.3 Å². The molecule has 0 aliphatic carbocycles. The number of carbonyl (C=O) groups is 1. The van der Waals surface area contributed by atoms with Crippen LogP contribution >= 0.6 is 0 Å². The molecule has 1 N–H and O–H groups in total. The Bertz CT molecular complexity index is 579. The first-order valence-corrected chi connectivity index (χ1v) is 9.17. The Balaban J connectivity index is 1.30. The summed E-state index contributed by atoms with van der Waals surface area (Å²) in [5.41, 5.74) is 1.22. The first kappa shape index (κ1) is 15.9. The van der Waals surface area contributed by atoms with Crippen LogP contribution in [0.5, 0.6) is 0 Å². The molecule has 130 valence electrons. The second-order valence-corrected chi connectivity index (χ2v) is 7.42. The Hall–Kier alpha value is -1.59. The first-order chi connectivity index (χ1) is 11.7. The average molecular weight is 329 g/mol. The van der Waals surface area contributed by atoms with Crippen molar-refractivity contribution in [3.05, 3.63) is 35.9 Å². The van der Waals surface area contributed by atoms with Gasteiger partial charge in [-0.05, 0) is 30.9 Å². The van der Waals surface area contributed by atoms with Crippen LogP contribution in [0.25, 0.3) is 0 Å². The molecule has 24 heavy (non-hydrogen) atoms. The highest BCUT2D eigenvalue weighted by molar-refractivity contribution is 5.76. The fraction of sp³-hybridized carbons (Fsp3) is 0.632. The maximum absolute atomic E-state index is 12.6. The minimum Gasteiger partial charge on any atom is -0.373 e. The van der Waals surface area contributed by atoms with Crippen molar-refractivity contribution < 1.29 is 9.53 Å². The van der Waals surface area contributed by atoms with Gasteiger partial charge in [0.2, 0.25) is 0 Å². The van der Waals surface area contributed by atoms with E-state index in [0.29, 0.717) is 18.5 Å². The fourth-order valence-corrected chi connectivity index (χ4v) is 4.37. The van der Waals surface area contributed by atoms with Crippen LogP contribution < -0.4 is 5.32 Å². The number of fused-ring (bicyclic) bond motifs is 1. The van der Waals surface area contributed by atoms with Crippen LogP contribution in [0.3, 0.4) is 0 Å². The van der Waals surface area contributed by atoms with E-state index >= 15 is 0 Å². The van der Waals surface area contributed by atoms with Gasteiger partial charge in [-0.15, -0.1) is 0 Å². The molecular weight excluding hydrogens is 302 g/mol. The Morgan fingerprint density at radius 1 is 1.29 bits per heavy atom. The van der Waals surface area contributed by atoms with Crippen molar-refractivity contribution >= 4 is 6.03 Å². The maximum Gasteiger partial charge on any atom is 0.318 e. The zero-order chi connectivity index (χ0) is 16.5. The molecule has 2 amide bonds. The number of urea groups is 1. The largest absolute Gasteiger partial charge is 0.373 e. The number of nitrogens with zero attached hydrogens (tertiary/aromatic N) is 2. The molecule has 0 unspecified atom stereocenters. The van der Waals surface area contributed by atoms with E-state index in [4.69, 9.17) is 4.74 Å². The second-order valence-electron chi connectivity index (χ2n) is 7.42. The molecule has 0 bridgehead atoms. The van der Waals surface area contributed by atoms with Gasteiger partial charge in [-0.3, -0.25) is 4.90 Å². The molecule has 3 heterocycles. The van der Waals surface area contributed by atoms with E-state index in [1.54, 1.807) is 0 Å². The average Bonchev–Trinajstić information content (AvgIpc) is 3.06. The van der Waals surface area contributed by atoms with Gasteiger partial charge < -0.3 is 15.0 Å². The molecule has 1 aromatic rings. The van der Waals surface area contributed by atoms with E-state index in [9.17, 15) is 4.79 Å². The fourth-order valence-electron chi connectivity index (χ4n) is 4.37. The summed E-state index contributed by atoms with van der Waals surface area (Å²) in [5, 5.41) is 3.09. The molecule has 4 atom stereocenters. The summed E-state index contributed by atoms with van der Waals surface area (Å²) in [6, 6.07) is 11.2. The van der Waals surface area contributed by atoms with E-state index in [-0.39, 0.29) is 18.2 Å². The van der Waals surface area contributed by atoms with Gasteiger partial charge in [-0.2, -0.15) is 0 Å². The predicted octanol–water partition coefficient (Wildman–Crippen LogP) is 2.25. The van der Waals surface area contributed by atoms with E-state index in [1.807, 2.05) is 23.1 Å². The molecule has 3 aliphatic heterocycles. The molecule has 0 radical (unpaired) electrons. The zero-order valence-corrected chi connectivity index (χ0v) is 14.4. The number of likely N-dealkylation sites (tertiary alicyclic amines) is 1. The van der Waals surface area contributed by atoms with Gasteiger partial charge in [0.1, 0.15) is 0 Å². The molecule has 0 spiro atoms. The van der Waals surface area contributed by atoms with Crippen molar-refractivity contribution in [3.8, 4) is 0 Å². The monoisotopic (exact) mass is 329 g/mol. The molecule has 3 fully saturated rings. The van der Waals surface area contributed by atoms with Crippen LogP contribution in [0.2, 0.25) is 0 Å². The second kappa shape index (κ2) is 6.73. The molecule has 3 saturated heterocycles. The van der Waals surface area contributed by atoms with Crippen LogP contribution in [0.1, 0.15) is 31.4 Å². The molecule has 0 saturated carbocycles.